The highest BCUT2D eigenvalue weighted by Crippen LogP contribution is 2.58. The molecule has 1 aliphatic heterocycles. The van der Waals surface area contributed by atoms with Crippen LogP contribution in [0.5, 0.6) is 0 Å². The third-order valence-electron chi connectivity index (χ3n) is 6.49. The van der Waals surface area contributed by atoms with Gasteiger partial charge >= 0.3 is 6.18 Å². The fourth-order valence-electron chi connectivity index (χ4n) is 4.54. The second kappa shape index (κ2) is 7.23. The largest absolute Gasteiger partial charge is 0.416 e. The molecule has 2 aromatic carbocycles. The Morgan fingerprint density at radius 3 is 2.55 bits per heavy atom. The van der Waals surface area contributed by atoms with Crippen LogP contribution in [0.15, 0.2) is 42.7 Å². The average Bonchev–Trinajstić information content (AvgIpc) is 3.39. The van der Waals surface area contributed by atoms with Crippen molar-refractivity contribution in [3.63, 3.8) is 0 Å². The first-order chi connectivity index (χ1) is 15.7. The number of alkyl halides is 4. The van der Waals surface area contributed by atoms with E-state index >= 15 is 4.39 Å². The summed E-state index contributed by atoms with van der Waals surface area (Å²) in [7, 11) is 1.65. The van der Waals surface area contributed by atoms with Crippen LogP contribution in [0.2, 0.25) is 0 Å². The van der Waals surface area contributed by atoms with Gasteiger partial charge in [0.05, 0.1) is 12.1 Å². The lowest BCUT2D eigenvalue weighted by atomic mass is 9.90. The molecule has 0 saturated heterocycles. The molecule has 170 valence electrons. The first-order valence-electron chi connectivity index (χ1n) is 10.3. The van der Waals surface area contributed by atoms with E-state index in [1.165, 1.54) is 21.9 Å². The Hall–Kier alpha value is -3.56. The molecule has 1 aromatic heterocycles. The number of aldehydes is 1. The fourth-order valence-corrected chi connectivity index (χ4v) is 4.54. The molecule has 1 unspecified atom stereocenters. The first-order valence-corrected chi connectivity index (χ1v) is 10.3. The number of hydrogen-bond donors (Lipinski definition) is 0. The number of carbonyl (C=O) groups is 2. The van der Waals surface area contributed by atoms with Crippen molar-refractivity contribution in [1.82, 2.24) is 14.8 Å². The fraction of sp³-hybridized carbons (Fsp3) is 0.304. The third kappa shape index (κ3) is 3.32. The van der Waals surface area contributed by atoms with Gasteiger partial charge in [0.1, 0.15) is 12.6 Å². The Kier molecular flexibility index (Phi) is 4.66. The van der Waals surface area contributed by atoms with Crippen molar-refractivity contribution in [3.05, 3.63) is 76.4 Å². The Balaban J connectivity index is 1.52. The van der Waals surface area contributed by atoms with Gasteiger partial charge in [-0.2, -0.15) is 13.2 Å². The molecule has 10 heteroatoms. The topological polar surface area (TPSA) is 68.1 Å². The van der Waals surface area contributed by atoms with Gasteiger partial charge in [0.25, 0.3) is 5.91 Å². The highest BCUT2D eigenvalue weighted by atomic mass is 19.4. The van der Waals surface area contributed by atoms with E-state index in [2.05, 4.69) is 10.2 Å². The molecular formula is C23H18F4N4O2. The third-order valence-corrected chi connectivity index (χ3v) is 6.49. The molecule has 33 heavy (non-hydrogen) atoms. The molecule has 2 aliphatic rings. The van der Waals surface area contributed by atoms with Gasteiger partial charge in [-0.1, -0.05) is 12.1 Å². The number of aryl methyl sites for hydroxylation is 1. The predicted octanol–water partition coefficient (Wildman–Crippen LogP) is 4.55. The highest BCUT2D eigenvalue weighted by molar-refractivity contribution is 6.11. The molecule has 0 N–H and O–H groups in total. The minimum atomic E-state index is -4.71. The summed E-state index contributed by atoms with van der Waals surface area (Å²) in [4.78, 5) is 25.4. The lowest BCUT2D eigenvalue weighted by Gasteiger charge is -2.23. The van der Waals surface area contributed by atoms with Gasteiger partial charge in [-0.3, -0.25) is 9.59 Å². The van der Waals surface area contributed by atoms with Crippen molar-refractivity contribution in [1.29, 1.82) is 0 Å². The maximum atomic E-state index is 15.5. The highest BCUT2D eigenvalue weighted by Gasteiger charge is 2.54. The van der Waals surface area contributed by atoms with Crippen molar-refractivity contribution in [3.8, 4) is 0 Å². The maximum absolute atomic E-state index is 15.5. The summed E-state index contributed by atoms with van der Waals surface area (Å²) in [5.41, 5.74) is -1.36. The lowest BCUT2D eigenvalue weighted by Crippen LogP contribution is -2.24. The molecular weight excluding hydrogens is 440 g/mol. The minimum absolute atomic E-state index is 0.152. The molecule has 3 aromatic rings. The van der Waals surface area contributed by atoms with Crippen molar-refractivity contribution >= 4 is 17.9 Å². The van der Waals surface area contributed by atoms with Gasteiger partial charge < -0.3 is 9.47 Å². The van der Waals surface area contributed by atoms with Crippen LogP contribution in [0, 0.1) is 0 Å². The van der Waals surface area contributed by atoms with Crippen LogP contribution in [0.25, 0.3) is 0 Å². The van der Waals surface area contributed by atoms with E-state index in [1.54, 1.807) is 31.3 Å². The molecule has 1 atom stereocenters. The van der Waals surface area contributed by atoms with Gasteiger partial charge in [0, 0.05) is 29.3 Å². The summed E-state index contributed by atoms with van der Waals surface area (Å²) in [6, 6.07) is 8.59. The number of hydrogen-bond acceptors (Lipinski definition) is 4. The Bertz CT molecular complexity index is 1280. The molecule has 1 amide bonds. The Labute approximate surface area is 185 Å². The van der Waals surface area contributed by atoms with Crippen LogP contribution in [-0.2, 0) is 25.2 Å². The predicted molar refractivity (Wildman–Crippen MR) is 110 cm³/mol. The van der Waals surface area contributed by atoms with E-state index in [4.69, 9.17) is 0 Å². The normalized spacial score (nSPS) is 17.7. The average molecular weight is 458 g/mol. The molecule has 0 radical (unpaired) electrons. The summed E-state index contributed by atoms with van der Waals surface area (Å²) < 4.78 is 57.8. The molecule has 1 saturated carbocycles. The summed E-state index contributed by atoms with van der Waals surface area (Å²) in [6.07, 6.45) is -3.29. The Morgan fingerprint density at radius 1 is 1.18 bits per heavy atom. The second-order valence-electron chi connectivity index (χ2n) is 8.47. The van der Waals surface area contributed by atoms with Gasteiger partial charge in [-0.25, -0.2) is 4.39 Å². The Morgan fingerprint density at radius 2 is 1.94 bits per heavy atom. The maximum Gasteiger partial charge on any atom is 0.416 e. The zero-order valence-corrected chi connectivity index (χ0v) is 17.4. The summed E-state index contributed by atoms with van der Waals surface area (Å²) in [5.74, 6) is -0.440. The van der Waals surface area contributed by atoms with E-state index in [0.29, 0.717) is 24.1 Å². The van der Waals surface area contributed by atoms with Gasteiger partial charge in [0.15, 0.2) is 12.0 Å². The molecule has 0 spiro atoms. The van der Waals surface area contributed by atoms with Crippen molar-refractivity contribution in [2.75, 3.05) is 4.90 Å². The van der Waals surface area contributed by atoms with Gasteiger partial charge in [-0.05, 0) is 48.2 Å². The van der Waals surface area contributed by atoms with Crippen molar-refractivity contribution in [2.24, 2.45) is 7.05 Å². The lowest BCUT2D eigenvalue weighted by molar-refractivity contribution is -0.138. The number of aromatic nitrogens is 3. The van der Waals surface area contributed by atoms with E-state index in [-0.39, 0.29) is 35.3 Å². The SMILES string of the molecule is Cn1cnnc1C(F)C1(c2cccc(N3Cc4c(cc(C=O)cc4C(F)(F)F)C3=O)c2)CC1. The van der Waals surface area contributed by atoms with Crippen molar-refractivity contribution in [2.45, 2.75) is 37.1 Å². The number of anilines is 1. The number of amides is 1. The van der Waals surface area contributed by atoms with E-state index < -0.39 is 29.2 Å². The second-order valence-corrected chi connectivity index (χ2v) is 8.47. The van der Waals surface area contributed by atoms with Gasteiger partial charge in [-0.15, -0.1) is 10.2 Å². The molecule has 6 nitrogen and oxygen atoms in total. The molecule has 1 aliphatic carbocycles. The van der Waals surface area contributed by atoms with E-state index in [1.807, 2.05) is 0 Å². The smallest absolute Gasteiger partial charge is 0.318 e. The molecule has 1 fully saturated rings. The van der Waals surface area contributed by atoms with Crippen LogP contribution in [0.1, 0.15) is 62.2 Å². The summed E-state index contributed by atoms with van der Waals surface area (Å²) in [6.45, 7) is -0.291. The zero-order valence-electron chi connectivity index (χ0n) is 17.4. The quantitative estimate of drug-likeness (QED) is 0.416. The van der Waals surface area contributed by atoms with Crippen LogP contribution in [-0.4, -0.2) is 27.0 Å². The van der Waals surface area contributed by atoms with E-state index in [0.717, 1.165) is 6.07 Å². The summed E-state index contributed by atoms with van der Waals surface area (Å²) >= 11 is 0. The molecule has 5 rings (SSSR count). The number of halogens is 4. The monoisotopic (exact) mass is 458 g/mol. The molecule has 0 bridgehead atoms. The molecule has 2 heterocycles. The standard InChI is InChI=1S/C23H18F4N4O2/c1-30-12-28-29-20(30)19(24)22(5-6-22)14-3-2-4-15(9-14)31-10-17-16(21(31)33)7-13(11-32)8-18(17)23(25,26)27/h2-4,7-9,11-12,19H,5-6,10H2,1H3. The van der Waals surface area contributed by atoms with Crippen LogP contribution >= 0.6 is 0 Å². The number of rotatable bonds is 5. The van der Waals surface area contributed by atoms with Crippen molar-refractivity contribution < 1.29 is 27.2 Å². The van der Waals surface area contributed by atoms with Crippen LogP contribution in [0.3, 0.4) is 0 Å². The van der Waals surface area contributed by atoms with E-state index in [9.17, 15) is 22.8 Å². The first kappa shape index (κ1) is 21.3. The zero-order chi connectivity index (χ0) is 23.5. The van der Waals surface area contributed by atoms with Crippen LogP contribution < -0.4 is 4.90 Å². The number of nitrogens with zero attached hydrogens (tertiary/aromatic N) is 4. The number of carbonyl (C=O) groups excluding carboxylic acids is 2. The minimum Gasteiger partial charge on any atom is -0.318 e. The number of benzene rings is 2. The number of fused-ring (bicyclic) bond motifs is 1. The van der Waals surface area contributed by atoms with Gasteiger partial charge in [0.2, 0.25) is 0 Å². The van der Waals surface area contributed by atoms with Crippen LogP contribution in [0.4, 0.5) is 23.2 Å². The summed E-state index contributed by atoms with van der Waals surface area (Å²) in [5, 5.41) is 7.61.